The van der Waals surface area contributed by atoms with E-state index in [0.29, 0.717) is 17.8 Å². The van der Waals surface area contributed by atoms with E-state index in [0.717, 1.165) is 0 Å². The van der Waals surface area contributed by atoms with Crippen molar-refractivity contribution in [2.75, 3.05) is 10.6 Å². The molecule has 0 saturated carbocycles. The molecule has 0 fully saturated rings. The Kier molecular flexibility index (Phi) is 5.53. The van der Waals surface area contributed by atoms with E-state index in [4.69, 9.17) is 5.11 Å². The summed E-state index contributed by atoms with van der Waals surface area (Å²) in [6.07, 6.45) is 0.419. The summed E-state index contributed by atoms with van der Waals surface area (Å²) in [6.45, 7) is 1.40. The standard InChI is InChI=1S/C13H16N2O4/c1-9(16)14-10-4-2-5-11(8-10)15-12(17)6-3-7-13(18)19/h2,4-5,8H,3,6-7H2,1H3,(H,14,16)(H,15,17)(H,18,19). The molecule has 1 aromatic rings. The number of rotatable bonds is 6. The summed E-state index contributed by atoms with van der Waals surface area (Å²) in [5.74, 6) is -1.35. The van der Waals surface area contributed by atoms with Gasteiger partial charge < -0.3 is 15.7 Å². The van der Waals surface area contributed by atoms with Crippen molar-refractivity contribution in [2.45, 2.75) is 26.2 Å². The molecule has 2 amide bonds. The maximum Gasteiger partial charge on any atom is 0.303 e. The van der Waals surface area contributed by atoms with E-state index in [2.05, 4.69) is 10.6 Å². The van der Waals surface area contributed by atoms with Crippen molar-refractivity contribution in [3.63, 3.8) is 0 Å². The summed E-state index contributed by atoms with van der Waals surface area (Å²) < 4.78 is 0. The largest absolute Gasteiger partial charge is 0.481 e. The van der Waals surface area contributed by atoms with Crippen molar-refractivity contribution >= 4 is 29.2 Å². The van der Waals surface area contributed by atoms with Crippen LogP contribution in [0.25, 0.3) is 0 Å². The first kappa shape index (κ1) is 14.7. The van der Waals surface area contributed by atoms with E-state index in [1.807, 2.05) is 0 Å². The number of nitrogens with one attached hydrogen (secondary N) is 2. The second kappa shape index (κ2) is 7.15. The first-order valence-corrected chi connectivity index (χ1v) is 5.86. The van der Waals surface area contributed by atoms with Crippen molar-refractivity contribution in [1.82, 2.24) is 0 Å². The molecule has 0 unspecified atom stereocenters. The normalized spacial score (nSPS) is 9.74. The van der Waals surface area contributed by atoms with Gasteiger partial charge in [-0.15, -0.1) is 0 Å². The van der Waals surface area contributed by atoms with Crippen LogP contribution in [0.2, 0.25) is 0 Å². The third kappa shape index (κ3) is 6.21. The summed E-state index contributed by atoms with van der Waals surface area (Å²) in [6, 6.07) is 6.75. The van der Waals surface area contributed by atoms with Gasteiger partial charge >= 0.3 is 5.97 Å². The SMILES string of the molecule is CC(=O)Nc1cccc(NC(=O)CCCC(=O)O)c1. The van der Waals surface area contributed by atoms with Gasteiger partial charge in [0.15, 0.2) is 0 Å². The van der Waals surface area contributed by atoms with E-state index >= 15 is 0 Å². The predicted molar refractivity (Wildman–Crippen MR) is 70.9 cm³/mol. The first-order valence-electron chi connectivity index (χ1n) is 5.86. The van der Waals surface area contributed by atoms with Gasteiger partial charge in [-0.3, -0.25) is 14.4 Å². The van der Waals surface area contributed by atoms with Crippen LogP contribution in [0.3, 0.4) is 0 Å². The molecular formula is C13H16N2O4. The molecule has 0 bridgehead atoms. The van der Waals surface area contributed by atoms with Crippen LogP contribution in [-0.4, -0.2) is 22.9 Å². The Bertz CT molecular complexity index is 485. The van der Waals surface area contributed by atoms with E-state index in [1.54, 1.807) is 24.3 Å². The zero-order valence-corrected chi connectivity index (χ0v) is 10.6. The van der Waals surface area contributed by atoms with Gasteiger partial charge in [0.2, 0.25) is 11.8 Å². The summed E-state index contributed by atoms with van der Waals surface area (Å²) in [5.41, 5.74) is 1.16. The summed E-state index contributed by atoms with van der Waals surface area (Å²) in [7, 11) is 0. The molecule has 1 aromatic carbocycles. The first-order chi connectivity index (χ1) is 8.97. The fourth-order valence-corrected chi connectivity index (χ4v) is 1.50. The number of carboxylic acids is 1. The van der Waals surface area contributed by atoms with Gasteiger partial charge in [0, 0.05) is 31.1 Å². The lowest BCUT2D eigenvalue weighted by Crippen LogP contribution is -2.12. The molecule has 102 valence electrons. The number of carbonyl (C=O) groups excluding carboxylic acids is 2. The molecule has 6 heteroatoms. The number of anilines is 2. The van der Waals surface area contributed by atoms with Crippen molar-refractivity contribution in [2.24, 2.45) is 0 Å². The molecule has 0 aromatic heterocycles. The highest BCUT2D eigenvalue weighted by atomic mass is 16.4. The Morgan fingerprint density at radius 2 is 1.74 bits per heavy atom. The van der Waals surface area contributed by atoms with Crippen LogP contribution in [0.4, 0.5) is 11.4 Å². The summed E-state index contributed by atoms with van der Waals surface area (Å²) >= 11 is 0. The fraction of sp³-hybridized carbons (Fsp3) is 0.308. The van der Waals surface area contributed by atoms with Crippen LogP contribution in [0.15, 0.2) is 24.3 Å². The Hall–Kier alpha value is -2.37. The predicted octanol–water partition coefficient (Wildman–Crippen LogP) is 1.84. The van der Waals surface area contributed by atoms with Gasteiger partial charge in [0.1, 0.15) is 0 Å². The average molecular weight is 264 g/mol. The Morgan fingerprint density at radius 3 is 2.32 bits per heavy atom. The Labute approximate surface area is 110 Å². The summed E-state index contributed by atoms with van der Waals surface area (Å²) in [4.78, 5) is 32.7. The van der Waals surface area contributed by atoms with E-state index in [9.17, 15) is 14.4 Å². The summed E-state index contributed by atoms with van der Waals surface area (Å²) in [5, 5.41) is 13.7. The van der Waals surface area contributed by atoms with Gasteiger partial charge in [-0.25, -0.2) is 0 Å². The lowest BCUT2D eigenvalue weighted by atomic mass is 10.2. The van der Waals surface area contributed by atoms with Crippen LogP contribution >= 0.6 is 0 Å². The number of benzene rings is 1. The fourth-order valence-electron chi connectivity index (χ4n) is 1.50. The number of aliphatic carboxylic acids is 1. The number of hydrogen-bond donors (Lipinski definition) is 3. The van der Waals surface area contributed by atoms with E-state index in [-0.39, 0.29) is 24.7 Å². The minimum absolute atomic E-state index is 0.0284. The molecule has 3 N–H and O–H groups in total. The quantitative estimate of drug-likeness (QED) is 0.730. The van der Waals surface area contributed by atoms with Crippen LogP contribution in [-0.2, 0) is 14.4 Å². The lowest BCUT2D eigenvalue weighted by molar-refractivity contribution is -0.137. The molecule has 0 aliphatic heterocycles. The third-order valence-corrected chi connectivity index (χ3v) is 2.26. The molecule has 0 saturated heterocycles. The number of carbonyl (C=O) groups is 3. The van der Waals surface area contributed by atoms with E-state index < -0.39 is 5.97 Å². The van der Waals surface area contributed by atoms with Gasteiger partial charge in [0.25, 0.3) is 0 Å². The highest BCUT2D eigenvalue weighted by molar-refractivity contribution is 5.93. The van der Waals surface area contributed by atoms with Crippen LogP contribution < -0.4 is 10.6 Å². The van der Waals surface area contributed by atoms with Crippen LogP contribution in [0.1, 0.15) is 26.2 Å². The molecular weight excluding hydrogens is 248 g/mol. The van der Waals surface area contributed by atoms with Crippen LogP contribution in [0.5, 0.6) is 0 Å². The van der Waals surface area contributed by atoms with Gasteiger partial charge in [0.05, 0.1) is 0 Å². The molecule has 0 aliphatic carbocycles. The molecule has 6 nitrogen and oxygen atoms in total. The highest BCUT2D eigenvalue weighted by Crippen LogP contribution is 2.15. The minimum Gasteiger partial charge on any atom is -0.481 e. The zero-order valence-electron chi connectivity index (χ0n) is 10.6. The van der Waals surface area contributed by atoms with Crippen LogP contribution in [0, 0.1) is 0 Å². The number of hydrogen-bond acceptors (Lipinski definition) is 3. The maximum absolute atomic E-state index is 11.5. The van der Waals surface area contributed by atoms with Crippen molar-refractivity contribution in [1.29, 1.82) is 0 Å². The van der Waals surface area contributed by atoms with Crippen molar-refractivity contribution in [3.05, 3.63) is 24.3 Å². The number of carboxylic acid groups (broad SMARTS) is 1. The van der Waals surface area contributed by atoms with Crippen molar-refractivity contribution < 1.29 is 19.5 Å². The molecule has 0 atom stereocenters. The van der Waals surface area contributed by atoms with Gasteiger partial charge in [-0.2, -0.15) is 0 Å². The second-order valence-corrected chi connectivity index (χ2v) is 4.06. The third-order valence-electron chi connectivity index (χ3n) is 2.26. The number of amides is 2. The molecule has 0 aliphatic rings. The molecule has 0 radical (unpaired) electrons. The maximum atomic E-state index is 11.5. The zero-order chi connectivity index (χ0) is 14.3. The van der Waals surface area contributed by atoms with E-state index in [1.165, 1.54) is 6.92 Å². The minimum atomic E-state index is -0.916. The smallest absolute Gasteiger partial charge is 0.303 e. The molecule has 0 spiro atoms. The monoisotopic (exact) mass is 264 g/mol. The van der Waals surface area contributed by atoms with Gasteiger partial charge in [-0.05, 0) is 24.6 Å². The topological polar surface area (TPSA) is 95.5 Å². The molecule has 0 heterocycles. The van der Waals surface area contributed by atoms with Crippen molar-refractivity contribution in [3.8, 4) is 0 Å². The lowest BCUT2D eigenvalue weighted by Gasteiger charge is -2.07. The Morgan fingerprint density at radius 1 is 1.11 bits per heavy atom. The molecule has 1 rings (SSSR count). The Balaban J connectivity index is 2.49. The average Bonchev–Trinajstić information content (AvgIpc) is 2.27. The second-order valence-electron chi connectivity index (χ2n) is 4.06. The van der Waals surface area contributed by atoms with Gasteiger partial charge in [-0.1, -0.05) is 6.07 Å². The highest BCUT2D eigenvalue weighted by Gasteiger charge is 2.05. The molecule has 19 heavy (non-hydrogen) atoms.